The second-order valence-corrected chi connectivity index (χ2v) is 8.32. The molecule has 2 heterocycles. The molecular weight excluding hydrogens is 527 g/mol. The van der Waals surface area contributed by atoms with E-state index < -0.39 is 29.5 Å². The van der Waals surface area contributed by atoms with Crippen LogP contribution in [-0.4, -0.2) is 46.3 Å². The van der Waals surface area contributed by atoms with Crippen LogP contribution in [0.15, 0.2) is 46.0 Å². The maximum atomic E-state index is 12.0. The van der Waals surface area contributed by atoms with Crippen molar-refractivity contribution in [2.45, 2.75) is 20.3 Å². The molecule has 4 N–H and O–H groups in total. The third-order valence-corrected chi connectivity index (χ3v) is 5.62. The second-order valence-electron chi connectivity index (χ2n) is 7.45. The molecular formula is C25H24Cl2N2O8. The number of carboxylic acids is 1. The number of benzene rings is 2. The number of fused-ring (bicyclic) bond motifs is 2. The lowest BCUT2D eigenvalue weighted by Gasteiger charge is -2.10. The summed E-state index contributed by atoms with van der Waals surface area (Å²) in [5.41, 5.74) is -0.00900. The van der Waals surface area contributed by atoms with Gasteiger partial charge in [-0.25, -0.2) is 0 Å². The summed E-state index contributed by atoms with van der Waals surface area (Å²) < 4.78 is 9.83. The van der Waals surface area contributed by atoms with Crippen LogP contribution in [0.25, 0.3) is 21.8 Å². The Hall–Kier alpha value is -4.02. The Morgan fingerprint density at radius 1 is 0.865 bits per heavy atom. The Balaban J connectivity index is 0.000000255. The number of hydrogen-bond donors (Lipinski definition) is 4. The molecule has 0 saturated carbocycles. The minimum absolute atomic E-state index is 0. The van der Waals surface area contributed by atoms with E-state index in [1.165, 1.54) is 26.4 Å². The summed E-state index contributed by atoms with van der Waals surface area (Å²) in [4.78, 5) is 50.6. The van der Waals surface area contributed by atoms with Gasteiger partial charge in [-0.3, -0.25) is 19.2 Å². The molecule has 0 spiro atoms. The Bertz CT molecular complexity index is 1590. The van der Waals surface area contributed by atoms with Crippen molar-refractivity contribution in [3.63, 3.8) is 0 Å². The summed E-state index contributed by atoms with van der Waals surface area (Å²) in [6, 6.07) is 9.60. The molecule has 0 unspecified atom stereocenters. The van der Waals surface area contributed by atoms with Gasteiger partial charge in [0, 0.05) is 20.8 Å². The fraction of sp³-hybridized carbons (Fsp3) is 0.200. The van der Waals surface area contributed by atoms with Gasteiger partial charge in [-0.1, -0.05) is 30.6 Å². The molecule has 10 nitrogen and oxygen atoms in total. The van der Waals surface area contributed by atoms with E-state index in [1.807, 2.05) is 0 Å². The molecule has 0 fully saturated rings. The molecule has 37 heavy (non-hydrogen) atoms. The molecule has 0 bridgehead atoms. The summed E-state index contributed by atoms with van der Waals surface area (Å²) in [5, 5.41) is 20.5. The van der Waals surface area contributed by atoms with Gasteiger partial charge in [0.25, 0.3) is 11.1 Å². The number of carbonyl (C=O) groups excluding carboxylic acids is 1. The van der Waals surface area contributed by atoms with Crippen LogP contribution in [0.2, 0.25) is 10.0 Å². The quantitative estimate of drug-likeness (QED) is 0.271. The molecule has 0 aliphatic carbocycles. The Morgan fingerprint density at radius 3 is 1.89 bits per heavy atom. The standard InChI is InChI=1S/C13H12ClNO4.C11H8ClNO4.CH4/c1-18-11(16)6-9-12(19-2)8-4-3-7(14)5-10(8)15-13(9)17;12-5-1-2-6-8(3-5)13-11(17)7(10(6)16)4-9(14)15;/h3-5H,6H2,1-2H3,(H,15,17);1-3H,4H2,(H,14,15)(H2,13,16,17);1H4. The fourth-order valence-corrected chi connectivity index (χ4v) is 3.85. The lowest BCUT2D eigenvalue weighted by atomic mass is 10.1. The number of hydrogen-bond acceptors (Lipinski definition) is 7. The van der Waals surface area contributed by atoms with Gasteiger partial charge in [0.1, 0.15) is 11.5 Å². The first-order valence-corrected chi connectivity index (χ1v) is 11.0. The average molecular weight is 551 g/mol. The number of ether oxygens (including phenoxy) is 2. The van der Waals surface area contributed by atoms with Crippen LogP contribution in [0.3, 0.4) is 0 Å². The van der Waals surface area contributed by atoms with Crippen LogP contribution in [0.4, 0.5) is 0 Å². The van der Waals surface area contributed by atoms with E-state index in [-0.39, 0.29) is 30.7 Å². The number of esters is 1. The van der Waals surface area contributed by atoms with Crippen LogP contribution in [0, 0.1) is 0 Å². The third-order valence-electron chi connectivity index (χ3n) is 5.15. The molecule has 4 aromatic rings. The predicted molar refractivity (Wildman–Crippen MR) is 141 cm³/mol. The number of pyridine rings is 2. The van der Waals surface area contributed by atoms with Crippen LogP contribution >= 0.6 is 23.2 Å². The zero-order valence-electron chi connectivity index (χ0n) is 19.0. The molecule has 0 saturated heterocycles. The van der Waals surface area contributed by atoms with Crippen LogP contribution in [0.5, 0.6) is 11.5 Å². The van der Waals surface area contributed by atoms with Crippen molar-refractivity contribution in [3.8, 4) is 11.5 Å². The lowest BCUT2D eigenvalue weighted by molar-refractivity contribution is -0.140. The molecule has 196 valence electrons. The highest BCUT2D eigenvalue weighted by atomic mass is 35.5. The average Bonchev–Trinajstić information content (AvgIpc) is 2.82. The minimum atomic E-state index is -1.18. The summed E-state index contributed by atoms with van der Waals surface area (Å²) >= 11 is 11.6. The monoisotopic (exact) mass is 550 g/mol. The number of carbonyl (C=O) groups is 2. The van der Waals surface area contributed by atoms with Gasteiger partial charge in [-0.05, 0) is 36.4 Å². The van der Waals surface area contributed by atoms with Crippen LogP contribution in [-0.2, 0) is 27.2 Å². The van der Waals surface area contributed by atoms with Crippen molar-refractivity contribution < 1.29 is 29.3 Å². The van der Waals surface area contributed by atoms with Crippen molar-refractivity contribution in [1.82, 2.24) is 9.97 Å². The summed E-state index contributed by atoms with van der Waals surface area (Å²) in [6.07, 6.45) is -0.673. The molecule has 2 aromatic carbocycles. The van der Waals surface area contributed by atoms with Gasteiger partial charge in [-0.15, -0.1) is 0 Å². The Kier molecular flexibility index (Phi) is 9.70. The van der Waals surface area contributed by atoms with E-state index in [9.17, 15) is 24.3 Å². The minimum Gasteiger partial charge on any atom is -0.507 e. The number of methoxy groups -OCH3 is 2. The Morgan fingerprint density at radius 2 is 1.38 bits per heavy atom. The largest absolute Gasteiger partial charge is 0.507 e. The van der Waals surface area contributed by atoms with Gasteiger partial charge in [-0.2, -0.15) is 0 Å². The molecule has 0 radical (unpaired) electrons. The predicted octanol–water partition coefficient (Wildman–Crippen LogP) is 4.06. The molecule has 0 aliphatic heterocycles. The van der Waals surface area contributed by atoms with Gasteiger partial charge >= 0.3 is 11.9 Å². The zero-order chi connectivity index (χ0) is 26.6. The summed E-state index contributed by atoms with van der Waals surface area (Å²) in [5.74, 6) is -1.64. The maximum Gasteiger partial charge on any atom is 0.310 e. The van der Waals surface area contributed by atoms with E-state index in [0.29, 0.717) is 37.6 Å². The normalized spacial score (nSPS) is 10.3. The highest BCUT2D eigenvalue weighted by molar-refractivity contribution is 6.31. The fourth-order valence-electron chi connectivity index (χ4n) is 3.50. The van der Waals surface area contributed by atoms with Crippen molar-refractivity contribution in [2.24, 2.45) is 0 Å². The third kappa shape index (κ3) is 6.60. The van der Waals surface area contributed by atoms with E-state index >= 15 is 0 Å². The van der Waals surface area contributed by atoms with Gasteiger partial charge in [0.15, 0.2) is 0 Å². The van der Waals surface area contributed by atoms with Gasteiger partial charge in [0.2, 0.25) is 0 Å². The topological polar surface area (TPSA) is 159 Å². The van der Waals surface area contributed by atoms with Crippen molar-refractivity contribution >= 4 is 56.9 Å². The second kappa shape index (κ2) is 12.3. The molecule has 12 heteroatoms. The first-order chi connectivity index (χ1) is 17.0. The highest BCUT2D eigenvalue weighted by Crippen LogP contribution is 2.29. The molecule has 0 amide bonds. The number of carboxylic acid groups (broad SMARTS) is 1. The number of aromatic hydroxyl groups is 1. The summed E-state index contributed by atoms with van der Waals surface area (Å²) in [6.45, 7) is 0. The number of H-pyrrole nitrogens is 2. The highest BCUT2D eigenvalue weighted by Gasteiger charge is 2.17. The van der Waals surface area contributed by atoms with E-state index in [4.69, 9.17) is 33.0 Å². The number of rotatable bonds is 5. The molecule has 0 atom stereocenters. The van der Waals surface area contributed by atoms with Crippen molar-refractivity contribution in [1.29, 1.82) is 0 Å². The first kappa shape index (κ1) is 29.2. The van der Waals surface area contributed by atoms with E-state index in [1.54, 1.807) is 24.3 Å². The number of aromatic amines is 2. The van der Waals surface area contributed by atoms with E-state index in [0.717, 1.165) is 0 Å². The number of aliphatic carboxylic acids is 1. The summed E-state index contributed by atoms with van der Waals surface area (Å²) in [7, 11) is 2.72. The number of nitrogens with one attached hydrogen (secondary N) is 2. The van der Waals surface area contributed by atoms with Crippen LogP contribution in [0.1, 0.15) is 18.6 Å². The molecule has 0 aliphatic rings. The van der Waals surface area contributed by atoms with Crippen LogP contribution < -0.4 is 15.9 Å². The zero-order valence-corrected chi connectivity index (χ0v) is 20.5. The van der Waals surface area contributed by atoms with E-state index in [2.05, 4.69) is 14.7 Å². The maximum absolute atomic E-state index is 12.0. The van der Waals surface area contributed by atoms with Crippen molar-refractivity contribution in [3.05, 3.63) is 78.3 Å². The smallest absolute Gasteiger partial charge is 0.310 e. The molecule has 2 aromatic heterocycles. The van der Waals surface area contributed by atoms with Crippen molar-refractivity contribution in [2.75, 3.05) is 14.2 Å². The molecule has 4 rings (SSSR count). The Labute approximate surface area is 220 Å². The first-order valence-electron chi connectivity index (χ1n) is 10.3. The number of aromatic nitrogens is 2. The van der Waals surface area contributed by atoms with Gasteiger partial charge in [0.05, 0.1) is 49.2 Å². The lowest BCUT2D eigenvalue weighted by Crippen LogP contribution is -2.18. The number of halogens is 2. The SMILES string of the molecule is C.COC(=O)Cc1c(OC)c2ccc(Cl)cc2[nH]c1=O.O=C(O)Cc1c(O)c2ccc(Cl)cc2[nH]c1=O. The van der Waals surface area contributed by atoms with Gasteiger partial charge < -0.3 is 29.7 Å².